The lowest BCUT2D eigenvalue weighted by atomic mass is 9.94. The van der Waals surface area contributed by atoms with Gasteiger partial charge in [0, 0.05) is 32.2 Å². The van der Waals surface area contributed by atoms with E-state index in [0.717, 1.165) is 12.0 Å². The highest BCUT2D eigenvalue weighted by molar-refractivity contribution is 7.89. The third-order valence-electron chi connectivity index (χ3n) is 5.25. The van der Waals surface area contributed by atoms with Gasteiger partial charge < -0.3 is 4.90 Å². The SMILES string of the molecule is C[C@@H]1C[C@H](C)CN(S(=O)(=O)c2ccc(C(=O)N(C)Cc3ccc(F)cc3)cc2)C1. The van der Waals surface area contributed by atoms with Crippen LogP contribution in [0.2, 0.25) is 0 Å². The first-order valence-electron chi connectivity index (χ1n) is 9.77. The molecule has 1 amide bonds. The number of benzene rings is 2. The molecule has 5 nitrogen and oxygen atoms in total. The van der Waals surface area contributed by atoms with Crippen molar-refractivity contribution < 1.29 is 17.6 Å². The molecule has 1 saturated heterocycles. The molecule has 7 heteroatoms. The van der Waals surface area contributed by atoms with Gasteiger partial charge in [0.25, 0.3) is 5.91 Å². The molecule has 1 aliphatic heterocycles. The first-order valence-corrected chi connectivity index (χ1v) is 11.2. The minimum absolute atomic E-state index is 0.205. The molecule has 1 aliphatic rings. The van der Waals surface area contributed by atoms with Crippen molar-refractivity contribution in [2.75, 3.05) is 20.1 Å². The molecule has 0 aromatic heterocycles. The summed E-state index contributed by atoms with van der Waals surface area (Å²) in [6.45, 7) is 5.51. The standard InChI is InChI=1S/C22H27FN2O3S/c1-16-12-17(2)14-25(13-16)29(27,28)21-10-6-19(7-11-21)22(26)24(3)15-18-4-8-20(23)9-5-18/h4-11,16-17H,12-15H2,1-3H3/t16-,17+. The molecule has 0 spiro atoms. The van der Waals surface area contributed by atoms with Crippen LogP contribution in [0.3, 0.4) is 0 Å². The van der Waals surface area contributed by atoms with E-state index in [9.17, 15) is 17.6 Å². The highest BCUT2D eigenvalue weighted by Crippen LogP contribution is 2.27. The molecule has 1 heterocycles. The van der Waals surface area contributed by atoms with Crippen LogP contribution in [0.1, 0.15) is 36.2 Å². The Labute approximate surface area is 172 Å². The number of halogens is 1. The number of carbonyl (C=O) groups excluding carboxylic acids is 1. The summed E-state index contributed by atoms with van der Waals surface area (Å²) in [7, 11) is -1.91. The topological polar surface area (TPSA) is 57.7 Å². The molecule has 156 valence electrons. The number of rotatable bonds is 5. The molecular weight excluding hydrogens is 391 g/mol. The summed E-state index contributed by atoms with van der Waals surface area (Å²) in [5, 5.41) is 0. The number of hydrogen-bond donors (Lipinski definition) is 0. The second-order valence-electron chi connectivity index (χ2n) is 8.08. The molecular formula is C22H27FN2O3S. The molecule has 2 atom stereocenters. The zero-order chi connectivity index (χ0) is 21.2. The quantitative estimate of drug-likeness (QED) is 0.743. The van der Waals surface area contributed by atoms with Gasteiger partial charge in [-0.2, -0.15) is 4.31 Å². The average Bonchev–Trinajstić information content (AvgIpc) is 2.68. The smallest absolute Gasteiger partial charge is 0.253 e. The summed E-state index contributed by atoms with van der Waals surface area (Å²) in [4.78, 5) is 14.4. The second kappa shape index (κ2) is 8.63. The normalized spacial score (nSPS) is 20.4. The van der Waals surface area contributed by atoms with Gasteiger partial charge in [-0.25, -0.2) is 12.8 Å². The van der Waals surface area contributed by atoms with Crippen molar-refractivity contribution in [2.24, 2.45) is 11.8 Å². The van der Waals surface area contributed by atoms with E-state index in [1.165, 1.54) is 29.2 Å². The Morgan fingerprint density at radius 3 is 2.14 bits per heavy atom. The molecule has 0 unspecified atom stereocenters. The van der Waals surface area contributed by atoms with Gasteiger partial charge in [-0.1, -0.05) is 26.0 Å². The fraction of sp³-hybridized carbons (Fsp3) is 0.409. The molecule has 0 aliphatic carbocycles. The fourth-order valence-electron chi connectivity index (χ4n) is 3.88. The Morgan fingerprint density at radius 1 is 1.03 bits per heavy atom. The summed E-state index contributed by atoms with van der Waals surface area (Å²) in [6, 6.07) is 12.1. The van der Waals surface area contributed by atoms with Crippen LogP contribution in [-0.4, -0.2) is 43.7 Å². The summed E-state index contributed by atoms with van der Waals surface area (Å²) < 4.78 is 40.5. The van der Waals surface area contributed by atoms with Gasteiger partial charge in [-0.15, -0.1) is 0 Å². The molecule has 2 aromatic carbocycles. The average molecular weight is 419 g/mol. The van der Waals surface area contributed by atoms with Gasteiger partial charge >= 0.3 is 0 Å². The molecule has 2 aromatic rings. The van der Waals surface area contributed by atoms with Crippen LogP contribution in [0.25, 0.3) is 0 Å². The Hall–Kier alpha value is -2.25. The maximum Gasteiger partial charge on any atom is 0.253 e. The highest BCUT2D eigenvalue weighted by atomic mass is 32.2. The summed E-state index contributed by atoms with van der Waals surface area (Å²) in [5.41, 5.74) is 1.23. The van der Waals surface area contributed by atoms with Crippen molar-refractivity contribution >= 4 is 15.9 Å². The third-order valence-corrected chi connectivity index (χ3v) is 7.10. The van der Waals surface area contributed by atoms with E-state index >= 15 is 0 Å². The van der Waals surface area contributed by atoms with Crippen LogP contribution >= 0.6 is 0 Å². The predicted molar refractivity (Wildman–Crippen MR) is 110 cm³/mol. The zero-order valence-electron chi connectivity index (χ0n) is 17.0. The monoisotopic (exact) mass is 418 g/mol. The number of amides is 1. The van der Waals surface area contributed by atoms with E-state index in [-0.39, 0.29) is 16.6 Å². The van der Waals surface area contributed by atoms with Crippen molar-refractivity contribution in [3.8, 4) is 0 Å². The van der Waals surface area contributed by atoms with Crippen molar-refractivity contribution in [3.05, 3.63) is 65.5 Å². The van der Waals surface area contributed by atoms with Crippen molar-refractivity contribution in [2.45, 2.75) is 31.7 Å². The molecule has 0 bridgehead atoms. The van der Waals surface area contributed by atoms with Crippen molar-refractivity contribution in [3.63, 3.8) is 0 Å². The highest BCUT2D eigenvalue weighted by Gasteiger charge is 2.31. The second-order valence-corrected chi connectivity index (χ2v) is 10.0. The minimum atomic E-state index is -3.57. The Balaban J connectivity index is 1.71. The Kier molecular flexibility index (Phi) is 6.39. The van der Waals surface area contributed by atoms with Gasteiger partial charge in [0.2, 0.25) is 10.0 Å². The van der Waals surface area contributed by atoms with E-state index in [4.69, 9.17) is 0 Å². The van der Waals surface area contributed by atoms with Gasteiger partial charge in [-0.05, 0) is 60.2 Å². The van der Waals surface area contributed by atoms with E-state index in [1.807, 2.05) is 0 Å². The van der Waals surface area contributed by atoms with Crippen molar-refractivity contribution in [1.82, 2.24) is 9.21 Å². The van der Waals surface area contributed by atoms with Gasteiger partial charge in [0.15, 0.2) is 0 Å². The lowest BCUT2D eigenvalue weighted by molar-refractivity contribution is 0.0785. The first kappa shape index (κ1) is 21.5. The largest absolute Gasteiger partial charge is 0.337 e. The zero-order valence-corrected chi connectivity index (χ0v) is 17.8. The van der Waals surface area contributed by atoms with Gasteiger partial charge in [0.05, 0.1) is 4.90 Å². The molecule has 1 fully saturated rings. The molecule has 3 rings (SSSR count). The summed E-state index contributed by atoms with van der Waals surface area (Å²) >= 11 is 0. The maximum atomic E-state index is 13.0. The lowest BCUT2D eigenvalue weighted by Gasteiger charge is -2.34. The van der Waals surface area contributed by atoms with Gasteiger partial charge in [-0.3, -0.25) is 4.79 Å². The van der Waals surface area contributed by atoms with Crippen LogP contribution in [0.5, 0.6) is 0 Å². The number of piperidine rings is 1. The summed E-state index contributed by atoms with van der Waals surface area (Å²) in [6.07, 6.45) is 1.03. The Morgan fingerprint density at radius 2 is 1.59 bits per heavy atom. The van der Waals surface area contributed by atoms with Crippen molar-refractivity contribution in [1.29, 1.82) is 0 Å². The van der Waals surface area contributed by atoms with Crippen LogP contribution in [0.4, 0.5) is 4.39 Å². The number of carbonyl (C=O) groups is 1. The van der Waals surface area contributed by atoms with E-state index in [1.54, 1.807) is 35.6 Å². The van der Waals surface area contributed by atoms with Gasteiger partial charge in [0.1, 0.15) is 5.82 Å². The fourth-order valence-corrected chi connectivity index (χ4v) is 5.56. The maximum absolute atomic E-state index is 13.0. The van der Waals surface area contributed by atoms with Crippen LogP contribution in [0.15, 0.2) is 53.4 Å². The lowest BCUT2D eigenvalue weighted by Crippen LogP contribution is -2.42. The van der Waals surface area contributed by atoms with Crippen LogP contribution in [0, 0.1) is 17.7 Å². The summed E-state index contributed by atoms with van der Waals surface area (Å²) in [5.74, 6) is 0.111. The first-order chi connectivity index (χ1) is 13.7. The molecule has 0 N–H and O–H groups in total. The Bertz CT molecular complexity index is 949. The minimum Gasteiger partial charge on any atom is -0.337 e. The number of hydrogen-bond acceptors (Lipinski definition) is 3. The van der Waals surface area contributed by atoms with E-state index < -0.39 is 10.0 Å². The number of nitrogens with zero attached hydrogens (tertiary/aromatic N) is 2. The predicted octanol–water partition coefficient (Wildman–Crippen LogP) is 3.76. The molecule has 29 heavy (non-hydrogen) atoms. The molecule has 0 saturated carbocycles. The molecule has 0 radical (unpaired) electrons. The van der Waals surface area contributed by atoms with Crippen LogP contribution in [-0.2, 0) is 16.6 Å². The third kappa shape index (κ3) is 5.03. The van der Waals surface area contributed by atoms with Crippen LogP contribution < -0.4 is 0 Å². The van der Waals surface area contributed by atoms with E-state index in [2.05, 4.69) is 13.8 Å². The number of sulfonamides is 1. The van der Waals surface area contributed by atoms with E-state index in [0.29, 0.717) is 37.0 Å².